The van der Waals surface area contributed by atoms with Gasteiger partial charge in [-0.1, -0.05) is 11.1 Å². The molecule has 0 radical (unpaired) electrons. The Morgan fingerprint density at radius 3 is 2.96 bits per heavy atom. The Hall–Kier alpha value is -2.86. The molecule has 1 aliphatic heterocycles. The van der Waals surface area contributed by atoms with Gasteiger partial charge in [0.2, 0.25) is 0 Å². The van der Waals surface area contributed by atoms with Crippen molar-refractivity contribution in [1.82, 2.24) is 15.4 Å². The van der Waals surface area contributed by atoms with Crippen LogP contribution in [0.2, 0.25) is 0 Å². The minimum Gasteiger partial charge on any atom is -0.473 e. The molecule has 1 aromatic rings. The third-order valence-electron chi connectivity index (χ3n) is 3.29. The number of carboxylic acid groups (broad SMARTS) is 1. The zero-order valence-corrected chi connectivity index (χ0v) is 12.2. The van der Waals surface area contributed by atoms with Crippen molar-refractivity contribution in [2.45, 2.75) is 13.0 Å². The van der Waals surface area contributed by atoms with E-state index in [0.29, 0.717) is 37.4 Å². The lowest BCUT2D eigenvalue weighted by molar-refractivity contribution is -0.164. The molecule has 0 spiro atoms. The number of aliphatic carboxylic acids is 1. The summed E-state index contributed by atoms with van der Waals surface area (Å²) in [5.74, 6) is -0.394. The number of carboxylic acids is 1. The molecule has 0 bridgehead atoms. The third kappa shape index (κ3) is 4.08. The van der Waals surface area contributed by atoms with E-state index in [0.717, 1.165) is 0 Å². The fourth-order valence-electron chi connectivity index (χ4n) is 2.18. The lowest BCUT2D eigenvalue weighted by Gasteiger charge is -2.25. The lowest BCUT2D eigenvalue weighted by Crippen LogP contribution is -2.35. The molecule has 0 aliphatic carbocycles. The second kappa shape index (κ2) is 7.42. The van der Waals surface area contributed by atoms with Crippen LogP contribution in [0.15, 0.2) is 4.52 Å². The molecule has 2 rings (SSSR count). The van der Waals surface area contributed by atoms with Crippen molar-refractivity contribution < 1.29 is 28.8 Å². The number of carbonyl (C=O) groups is 3. The Bertz CT molecular complexity index is 660. The Kier molecular flexibility index (Phi) is 5.32. The molecule has 0 fully saturated rings. The first-order valence-electron chi connectivity index (χ1n) is 6.84. The molecule has 1 aromatic heterocycles. The van der Waals surface area contributed by atoms with E-state index in [-0.39, 0.29) is 18.8 Å². The molecule has 2 N–H and O–H groups in total. The number of hydrogen-bond acceptors (Lipinski definition) is 7. The molecular formula is C14H15N3O6. The average molecular weight is 321 g/mol. The second-order valence-corrected chi connectivity index (χ2v) is 4.79. The van der Waals surface area contributed by atoms with Gasteiger partial charge in [-0.2, -0.15) is 0 Å². The van der Waals surface area contributed by atoms with Gasteiger partial charge in [0.15, 0.2) is 5.69 Å². The molecule has 0 atom stereocenters. The van der Waals surface area contributed by atoms with E-state index in [1.807, 2.05) is 4.90 Å². The van der Waals surface area contributed by atoms with Crippen LogP contribution < -0.4 is 5.32 Å². The van der Waals surface area contributed by atoms with E-state index in [4.69, 9.17) is 16.1 Å². The smallest absolute Gasteiger partial charge is 0.417 e. The van der Waals surface area contributed by atoms with Gasteiger partial charge in [0.1, 0.15) is 12.4 Å². The number of carbonyl (C=O) groups excluding carboxylic acids is 2. The molecule has 1 aliphatic rings. The second-order valence-electron chi connectivity index (χ2n) is 4.79. The van der Waals surface area contributed by atoms with Crippen molar-refractivity contribution in [3.63, 3.8) is 0 Å². The van der Waals surface area contributed by atoms with Gasteiger partial charge in [-0.3, -0.25) is 9.69 Å². The summed E-state index contributed by atoms with van der Waals surface area (Å²) in [4.78, 5) is 35.0. The van der Waals surface area contributed by atoms with Gasteiger partial charge in [0.05, 0.1) is 6.54 Å². The molecule has 2 heterocycles. The van der Waals surface area contributed by atoms with E-state index in [1.165, 1.54) is 0 Å². The van der Waals surface area contributed by atoms with Crippen LogP contribution in [0.25, 0.3) is 0 Å². The standard InChI is InChI=1S/C14H15N3O6/c1-2-4-15-12(18)11-9-8-17(5-3-10(9)23-16-11)6-7-22-14(21)13(19)20/h1H,3-8H2,(H,15,18)(H,19,20). The minimum absolute atomic E-state index is 0.0512. The number of esters is 1. The molecule has 9 nitrogen and oxygen atoms in total. The number of hydrogen-bond donors (Lipinski definition) is 2. The summed E-state index contributed by atoms with van der Waals surface area (Å²) >= 11 is 0. The van der Waals surface area contributed by atoms with Gasteiger partial charge >= 0.3 is 11.9 Å². The minimum atomic E-state index is -1.63. The summed E-state index contributed by atoms with van der Waals surface area (Å²) in [6, 6.07) is 0. The topological polar surface area (TPSA) is 122 Å². The molecule has 0 saturated heterocycles. The number of nitrogens with one attached hydrogen (secondary N) is 1. The van der Waals surface area contributed by atoms with E-state index in [1.54, 1.807) is 0 Å². The summed E-state index contributed by atoms with van der Waals surface area (Å²) in [5.41, 5.74) is 0.845. The van der Waals surface area contributed by atoms with Crippen LogP contribution in [0.5, 0.6) is 0 Å². The van der Waals surface area contributed by atoms with Crippen molar-refractivity contribution in [3.05, 3.63) is 17.0 Å². The number of amides is 1. The van der Waals surface area contributed by atoms with Crippen molar-refractivity contribution in [2.75, 3.05) is 26.2 Å². The van der Waals surface area contributed by atoms with Gasteiger partial charge < -0.3 is 19.7 Å². The highest BCUT2D eigenvalue weighted by Crippen LogP contribution is 2.22. The van der Waals surface area contributed by atoms with E-state index >= 15 is 0 Å². The molecule has 122 valence electrons. The summed E-state index contributed by atoms with van der Waals surface area (Å²) in [6.07, 6.45) is 5.64. The fourth-order valence-corrected chi connectivity index (χ4v) is 2.18. The van der Waals surface area contributed by atoms with Crippen LogP contribution in [0, 0.1) is 12.3 Å². The first-order valence-corrected chi connectivity index (χ1v) is 6.84. The molecular weight excluding hydrogens is 306 g/mol. The van der Waals surface area contributed by atoms with E-state index in [9.17, 15) is 14.4 Å². The van der Waals surface area contributed by atoms with Crippen molar-refractivity contribution in [3.8, 4) is 12.3 Å². The predicted octanol–water partition coefficient (Wildman–Crippen LogP) is -0.976. The Balaban J connectivity index is 1.93. The predicted molar refractivity (Wildman–Crippen MR) is 75.2 cm³/mol. The number of nitrogens with zero attached hydrogens (tertiary/aromatic N) is 2. The highest BCUT2D eigenvalue weighted by Gasteiger charge is 2.27. The largest absolute Gasteiger partial charge is 0.473 e. The highest BCUT2D eigenvalue weighted by molar-refractivity contribution is 6.28. The van der Waals surface area contributed by atoms with Crippen LogP contribution >= 0.6 is 0 Å². The fraction of sp³-hybridized carbons (Fsp3) is 0.429. The summed E-state index contributed by atoms with van der Waals surface area (Å²) in [7, 11) is 0. The maximum atomic E-state index is 11.9. The first-order chi connectivity index (χ1) is 11.0. The van der Waals surface area contributed by atoms with E-state index in [2.05, 4.69) is 21.1 Å². The normalized spacial score (nSPS) is 13.7. The molecule has 0 aromatic carbocycles. The van der Waals surface area contributed by atoms with Crippen molar-refractivity contribution in [2.24, 2.45) is 0 Å². The monoisotopic (exact) mass is 321 g/mol. The van der Waals surface area contributed by atoms with Gasteiger partial charge in [0.25, 0.3) is 5.91 Å². The van der Waals surface area contributed by atoms with Crippen LogP contribution in [-0.2, 0) is 27.3 Å². The number of terminal acetylenes is 1. The Morgan fingerprint density at radius 2 is 2.26 bits per heavy atom. The molecule has 9 heteroatoms. The number of ether oxygens (including phenoxy) is 1. The third-order valence-corrected chi connectivity index (χ3v) is 3.29. The number of fused-ring (bicyclic) bond motifs is 1. The molecule has 0 unspecified atom stereocenters. The maximum Gasteiger partial charge on any atom is 0.417 e. The molecule has 0 saturated carbocycles. The first kappa shape index (κ1) is 16.5. The summed E-state index contributed by atoms with van der Waals surface area (Å²) < 4.78 is 9.74. The van der Waals surface area contributed by atoms with Crippen molar-refractivity contribution >= 4 is 17.8 Å². The molecule has 23 heavy (non-hydrogen) atoms. The average Bonchev–Trinajstić information content (AvgIpc) is 2.95. The number of aromatic nitrogens is 1. The summed E-state index contributed by atoms with van der Waals surface area (Å²) in [5, 5.41) is 14.7. The van der Waals surface area contributed by atoms with Crippen LogP contribution in [0.1, 0.15) is 21.8 Å². The SMILES string of the molecule is C#CCNC(=O)c1noc2c1CN(CCOC(=O)C(=O)O)CC2. The van der Waals surface area contributed by atoms with Crippen LogP contribution in [0.3, 0.4) is 0 Å². The Morgan fingerprint density at radius 1 is 1.48 bits per heavy atom. The van der Waals surface area contributed by atoms with Gasteiger partial charge in [-0.25, -0.2) is 9.59 Å². The highest BCUT2D eigenvalue weighted by atomic mass is 16.6. The summed E-state index contributed by atoms with van der Waals surface area (Å²) in [6.45, 7) is 1.40. The van der Waals surface area contributed by atoms with Crippen LogP contribution in [0.4, 0.5) is 0 Å². The van der Waals surface area contributed by atoms with Gasteiger partial charge in [-0.05, 0) is 0 Å². The zero-order valence-electron chi connectivity index (χ0n) is 12.2. The van der Waals surface area contributed by atoms with Gasteiger partial charge in [0, 0.05) is 31.6 Å². The molecule has 1 amide bonds. The van der Waals surface area contributed by atoms with E-state index < -0.39 is 17.8 Å². The van der Waals surface area contributed by atoms with Gasteiger partial charge in [-0.15, -0.1) is 6.42 Å². The van der Waals surface area contributed by atoms with Crippen molar-refractivity contribution in [1.29, 1.82) is 0 Å². The maximum absolute atomic E-state index is 11.9. The Labute approximate surface area is 131 Å². The number of rotatable bonds is 5. The van der Waals surface area contributed by atoms with Crippen LogP contribution in [-0.4, -0.2) is 59.3 Å². The lowest BCUT2D eigenvalue weighted by atomic mass is 10.1. The zero-order chi connectivity index (χ0) is 16.8. The quantitative estimate of drug-likeness (QED) is 0.403.